The Hall–Kier alpha value is -1.94. The second-order valence-corrected chi connectivity index (χ2v) is 6.78. The molecule has 4 rings (SSSR count). The van der Waals surface area contributed by atoms with E-state index in [0.717, 1.165) is 43.2 Å². The number of aryl methyl sites for hydroxylation is 1. The summed E-state index contributed by atoms with van der Waals surface area (Å²) in [6.45, 7) is 4.90. The van der Waals surface area contributed by atoms with Gasteiger partial charge in [-0.2, -0.15) is 0 Å². The van der Waals surface area contributed by atoms with Crippen molar-refractivity contribution in [1.82, 2.24) is 9.97 Å². The van der Waals surface area contributed by atoms with Crippen molar-refractivity contribution in [3.63, 3.8) is 0 Å². The highest BCUT2D eigenvalue weighted by molar-refractivity contribution is 5.39. The molecule has 2 aliphatic rings. The van der Waals surface area contributed by atoms with Crippen molar-refractivity contribution < 1.29 is 4.74 Å². The van der Waals surface area contributed by atoms with Crippen LogP contribution in [0.3, 0.4) is 0 Å². The van der Waals surface area contributed by atoms with Crippen LogP contribution in [0.1, 0.15) is 24.2 Å². The lowest BCUT2D eigenvalue weighted by atomic mass is 10.0. The number of hydrogen-bond donors (Lipinski definition) is 0. The summed E-state index contributed by atoms with van der Waals surface area (Å²) in [4.78, 5) is 11.2. The summed E-state index contributed by atoms with van der Waals surface area (Å²) in [7, 11) is 0. The number of rotatable bonds is 4. The molecule has 2 heterocycles. The zero-order valence-corrected chi connectivity index (χ0v) is 13.6. The predicted octanol–water partition coefficient (Wildman–Crippen LogP) is 3.22. The van der Waals surface area contributed by atoms with Crippen molar-refractivity contribution in [2.45, 2.75) is 32.5 Å². The topological polar surface area (TPSA) is 38.2 Å². The molecule has 0 radical (unpaired) electrons. The summed E-state index contributed by atoms with van der Waals surface area (Å²) in [5.41, 5.74) is 1.27. The molecule has 0 bridgehead atoms. The number of ether oxygens (including phenoxy) is 1. The highest BCUT2D eigenvalue weighted by Crippen LogP contribution is 2.40. The summed E-state index contributed by atoms with van der Waals surface area (Å²) in [6, 6.07) is 12.5. The molecule has 1 aromatic heterocycles. The first kappa shape index (κ1) is 14.6. The minimum absolute atomic E-state index is 0.416. The zero-order valence-electron chi connectivity index (χ0n) is 13.6. The van der Waals surface area contributed by atoms with E-state index in [4.69, 9.17) is 4.74 Å². The molecule has 0 amide bonds. The Bertz CT molecular complexity index is 647. The molecule has 1 saturated heterocycles. The number of hydrogen-bond acceptors (Lipinski definition) is 4. The first-order valence-corrected chi connectivity index (χ1v) is 8.48. The summed E-state index contributed by atoms with van der Waals surface area (Å²) in [5, 5.41) is 0. The first-order valence-electron chi connectivity index (χ1n) is 8.48. The molecular weight excluding hydrogens is 286 g/mol. The van der Waals surface area contributed by atoms with Crippen LogP contribution in [-0.2, 0) is 11.3 Å². The first-order chi connectivity index (χ1) is 11.3. The van der Waals surface area contributed by atoms with Gasteiger partial charge in [0.15, 0.2) is 0 Å². The number of benzene rings is 1. The predicted molar refractivity (Wildman–Crippen MR) is 90.2 cm³/mol. The van der Waals surface area contributed by atoms with Crippen molar-refractivity contribution in [3.05, 3.63) is 54.0 Å². The zero-order chi connectivity index (χ0) is 15.6. The maximum Gasteiger partial charge on any atom is 0.132 e. The molecule has 4 nitrogen and oxygen atoms in total. The molecule has 23 heavy (non-hydrogen) atoms. The third-order valence-electron chi connectivity index (χ3n) is 5.12. The lowest BCUT2D eigenvalue weighted by Crippen LogP contribution is -2.24. The quantitative estimate of drug-likeness (QED) is 0.869. The van der Waals surface area contributed by atoms with Gasteiger partial charge in [0, 0.05) is 19.3 Å². The monoisotopic (exact) mass is 309 g/mol. The van der Waals surface area contributed by atoms with Gasteiger partial charge in [-0.05, 0) is 43.2 Å². The van der Waals surface area contributed by atoms with Crippen molar-refractivity contribution in [1.29, 1.82) is 0 Å². The van der Waals surface area contributed by atoms with Gasteiger partial charge in [-0.1, -0.05) is 30.3 Å². The van der Waals surface area contributed by atoms with E-state index in [2.05, 4.69) is 39.1 Å². The van der Waals surface area contributed by atoms with Crippen LogP contribution in [0.15, 0.2) is 42.6 Å². The molecule has 2 aromatic rings. The maximum atomic E-state index is 6.14. The third kappa shape index (κ3) is 3.22. The van der Waals surface area contributed by atoms with Gasteiger partial charge >= 0.3 is 0 Å². The molecule has 0 N–H and O–H groups in total. The fraction of sp³-hybridized carbons (Fsp3) is 0.474. The van der Waals surface area contributed by atoms with Crippen LogP contribution in [0, 0.1) is 18.8 Å². The molecule has 1 aromatic carbocycles. The van der Waals surface area contributed by atoms with E-state index in [0.29, 0.717) is 6.10 Å². The van der Waals surface area contributed by atoms with Crippen LogP contribution >= 0.6 is 0 Å². The lowest BCUT2D eigenvalue weighted by molar-refractivity contribution is 0.0408. The molecule has 1 unspecified atom stereocenters. The SMILES string of the molecule is Cc1nccc(N2C[C@H]3CC(OCc4ccccc4)C[C@H]3C2)n1. The fourth-order valence-corrected chi connectivity index (χ4v) is 3.98. The summed E-state index contributed by atoms with van der Waals surface area (Å²) >= 11 is 0. The molecule has 1 aliphatic heterocycles. The summed E-state index contributed by atoms with van der Waals surface area (Å²) in [6.07, 6.45) is 4.63. The standard InChI is InChI=1S/C19H23N3O/c1-14-20-8-7-19(21-14)22-11-16-9-18(10-17(16)12-22)23-13-15-5-3-2-4-6-15/h2-8,16-18H,9-13H2,1H3/t16-,17+,18?. The Balaban J connectivity index is 1.31. The van der Waals surface area contributed by atoms with Crippen molar-refractivity contribution >= 4 is 5.82 Å². The van der Waals surface area contributed by atoms with E-state index in [1.807, 2.05) is 25.3 Å². The Morgan fingerprint density at radius 1 is 1.09 bits per heavy atom. The van der Waals surface area contributed by atoms with Gasteiger partial charge in [0.2, 0.25) is 0 Å². The van der Waals surface area contributed by atoms with Crippen LogP contribution in [0.5, 0.6) is 0 Å². The van der Waals surface area contributed by atoms with E-state index in [9.17, 15) is 0 Å². The molecule has 0 spiro atoms. The molecule has 1 aliphatic carbocycles. The smallest absolute Gasteiger partial charge is 0.132 e. The summed E-state index contributed by atoms with van der Waals surface area (Å²) in [5.74, 6) is 3.41. The number of anilines is 1. The van der Waals surface area contributed by atoms with Crippen molar-refractivity contribution in [3.8, 4) is 0 Å². The minimum atomic E-state index is 0.416. The second kappa shape index (κ2) is 6.28. The van der Waals surface area contributed by atoms with Crippen LogP contribution in [0.2, 0.25) is 0 Å². The highest BCUT2D eigenvalue weighted by Gasteiger charge is 2.41. The van der Waals surface area contributed by atoms with Crippen molar-refractivity contribution in [2.24, 2.45) is 11.8 Å². The van der Waals surface area contributed by atoms with E-state index in [-0.39, 0.29) is 0 Å². The lowest BCUT2D eigenvalue weighted by Gasteiger charge is -2.20. The van der Waals surface area contributed by atoms with Gasteiger partial charge in [-0.15, -0.1) is 0 Å². The fourth-order valence-electron chi connectivity index (χ4n) is 3.98. The minimum Gasteiger partial charge on any atom is -0.374 e. The maximum absolute atomic E-state index is 6.14. The van der Waals surface area contributed by atoms with Crippen LogP contribution < -0.4 is 4.90 Å². The van der Waals surface area contributed by atoms with Gasteiger partial charge in [-0.25, -0.2) is 9.97 Å². The normalized spacial score (nSPS) is 26.5. The molecule has 1 saturated carbocycles. The van der Waals surface area contributed by atoms with Gasteiger partial charge in [0.1, 0.15) is 11.6 Å². The van der Waals surface area contributed by atoms with Crippen LogP contribution in [0.25, 0.3) is 0 Å². The Kier molecular flexibility index (Phi) is 4.00. The van der Waals surface area contributed by atoms with E-state index < -0.39 is 0 Å². The van der Waals surface area contributed by atoms with Gasteiger partial charge < -0.3 is 9.64 Å². The van der Waals surface area contributed by atoms with Gasteiger partial charge in [0.05, 0.1) is 12.7 Å². The Morgan fingerprint density at radius 2 is 1.83 bits per heavy atom. The molecule has 120 valence electrons. The molecule has 3 atom stereocenters. The van der Waals surface area contributed by atoms with Gasteiger partial charge in [-0.3, -0.25) is 0 Å². The number of aromatic nitrogens is 2. The molecular formula is C19H23N3O. The Morgan fingerprint density at radius 3 is 2.52 bits per heavy atom. The van der Waals surface area contributed by atoms with Gasteiger partial charge in [0.25, 0.3) is 0 Å². The largest absolute Gasteiger partial charge is 0.374 e. The second-order valence-electron chi connectivity index (χ2n) is 6.78. The van der Waals surface area contributed by atoms with E-state index >= 15 is 0 Å². The van der Waals surface area contributed by atoms with E-state index in [1.165, 1.54) is 18.4 Å². The van der Waals surface area contributed by atoms with Crippen molar-refractivity contribution in [2.75, 3.05) is 18.0 Å². The Labute approximate surface area is 137 Å². The van der Waals surface area contributed by atoms with Crippen LogP contribution in [-0.4, -0.2) is 29.2 Å². The molecule has 2 fully saturated rings. The van der Waals surface area contributed by atoms with E-state index in [1.54, 1.807) is 0 Å². The number of nitrogens with zero attached hydrogens (tertiary/aromatic N) is 3. The van der Waals surface area contributed by atoms with Crippen LogP contribution in [0.4, 0.5) is 5.82 Å². The summed E-state index contributed by atoms with van der Waals surface area (Å²) < 4.78 is 6.14. The molecule has 4 heteroatoms. The average molecular weight is 309 g/mol. The average Bonchev–Trinajstić information content (AvgIpc) is 3.12. The number of fused-ring (bicyclic) bond motifs is 1. The third-order valence-corrected chi connectivity index (χ3v) is 5.12. The highest BCUT2D eigenvalue weighted by atomic mass is 16.5.